The van der Waals surface area contributed by atoms with Gasteiger partial charge < -0.3 is 9.72 Å². The molecule has 0 unspecified atom stereocenters. The van der Waals surface area contributed by atoms with E-state index in [0.29, 0.717) is 6.42 Å². The Bertz CT molecular complexity index is 750. The summed E-state index contributed by atoms with van der Waals surface area (Å²) in [5.74, 6) is 0.809. The molecule has 19 heavy (non-hydrogen) atoms. The molecule has 0 spiro atoms. The highest BCUT2D eigenvalue weighted by Crippen LogP contribution is 2.34. The van der Waals surface area contributed by atoms with Crippen LogP contribution in [0.3, 0.4) is 0 Å². The van der Waals surface area contributed by atoms with Crippen molar-refractivity contribution < 1.29 is 4.74 Å². The summed E-state index contributed by atoms with van der Waals surface area (Å²) in [6, 6.07) is 12.2. The van der Waals surface area contributed by atoms with Gasteiger partial charge in [-0.05, 0) is 29.6 Å². The molecule has 0 fully saturated rings. The minimum atomic E-state index is 0.389. The van der Waals surface area contributed by atoms with Gasteiger partial charge in [0.25, 0.3) is 0 Å². The van der Waals surface area contributed by atoms with E-state index in [1.807, 2.05) is 29.6 Å². The number of H-pyrrole nitrogens is 1. The summed E-state index contributed by atoms with van der Waals surface area (Å²) in [7, 11) is 1.65. The SMILES string of the molecule is COc1ccc2[nH]c(-c3cccs3)c(CC#N)c2c1. The van der Waals surface area contributed by atoms with Gasteiger partial charge in [0.2, 0.25) is 0 Å². The summed E-state index contributed by atoms with van der Waals surface area (Å²) in [4.78, 5) is 4.56. The lowest BCUT2D eigenvalue weighted by molar-refractivity contribution is 0.415. The van der Waals surface area contributed by atoms with Crippen LogP contribution in [0.25, 0.3) is 21.5 Å². The van der Waals surface area contributed by atoms with E-state index in [-0.39, 0.29) is 0 Å². The highest BCUT2D eigenvalue weighted by molar-refractivity contribution is 7.13. The molecule has 0 radical (unpaired) electrons. The molecule has 0 aliphatic rings. The number of nitriles is 1. The van der Waals surface area contributed by atoms with Gasteiger partial charge in [-0.15, -0.1) is 11.3 Å². The zero-order valence-electron chi connectivity index (χ0n) is 10.4. The first kappa shape index (κ1) is 11.8. The van der Waals surface area contributed by atoms with Crippen LogP contribution in [0.2, 0.25) is 0 Å². The van der Waals surface area contributed by atoms with Gasteiger partial charge in [0, 0.05) is 16.5 Å². The Morgan fingerprint density at radius 2 is 2.26 bits per heavy atom. The Labute approximate surface area is 115 Å². The third-order valence-corrected chi connectivity index (χ3v) is 4.02. The highest BCUT2D eigenvalue weighted by Gasteiger charge is 2.14. The topological polar surface area (TPSA) is 48.8 Å². The second kappa shape index (κ2) is 4.79. The summed E-state index contributed by atoms with van der Waals surface area (Å²) >= 11 is 1.67. The Morgan fingerprint density at radius 1 is 1.37 bits per heavy atom. The zero-order chi connectivity index (χ0) is 13.2. The second-order valence-electron chi connectivity index (χ2n) is 4.20. The van der Waals surface area contributed by atoms with Gasteiger partial charge in [-0.2, -0.15) is 5.26 Å². The smallest absolute Gasteiger partial charge is 0.119 e. The average molecular weight is 268 g/mol. The maximum absolute atomic E-state index is 9.05. The molecule has 0 amide bonds. The number of nitrogens with zero attached hydrogens (tertiary/aromatic N) is 1. The fourth-order valence-corrected chi connectivity index (χ4v) is 3.00. The summed E-state index contributed by atoms with van der Waals surface area (Å²) in [5.41, 5.74) is 3.12. The quantitative estimate of drug-likeness (QED) is 0.781. The summed E-state index contributed by atoms with van der Waals surface area (Å²) in [6.45, 7) is 0. The molecule has 1 N–H and O–H groups in total. The molecule has 0 bridgehead atoms. The van der Waals surface area contributed by atoms with E-state index >= 15 is 0 Å². The number of hydrogen-bond acceptors (Lipinski definition) is 3. The lowest BCUT2D eigenvalue weighted by atomic mass is 10.1. The first-order valence-corrected chi connectivity index (χ1v) is 6.81. The Kier molecular flexibility index (Phi) is 2.98. The van der Waals surface area contributed by atoms with Crippen molar-refractivity contribution in [1.82, 2.24) is 4.98 Å². The highest BCUT2D eigenvalue weighted by atomic mass is 32.1. The Balaban J connectivity index is 2.27. The van der Waals surface area contributed by atoms with E-state index in [1.54, 1.807) is 18.4 Å². The fraction of sp³-hybridized carbons (Fsp3) is 0.133. The predicted molar refractivity (Wildman–Crippen MR) is 77.5 cm³/mol. The standard InChI is InChI=1S/C15H12N2OS/c1-18-10-4-5-13-12(9-10)11(6-7-16)15(17-13)14-3-2-8-19-14/h2-5,8-9,17H,6H2,1H3. The van der Waals surface area contributed by atoms with Gasteiger partial charge in [-0.3, -0.25) is 0 Å². The molecule has 0 aliphatic carbocycles. The van der Waals surface area contributed by atoms with E-state index in [2.05, 4.69) is 17.1 Å². The van der Waals surface area contributed by atoms with Crippen LogP contribution in [-0.2, 0) is 6.42 Å². The third kappa shape index (κ3) is 1.98. The first-order chi connectivity index (χ1) is 9.33. The van der Waals surface area contributed by atoms with Crippen LogP contribution < -0.4 is 4.74 Å². The molecule has 4 heteroatoms. The molecule has 2 aromatic heterocycles. The van der Waals surface area contributed by atoms with E-state index in [4.69, 9.17) is 10.00 Å². The van der Waals surface area contributed by atoms with Crippen LogP contribution in [0.15, 0.2) is 35.7 Å². The largest absolute Gasteiger partial charge is 0.497 e. The molecule has 0 atom stereocenters. The van der Waals surface area contributed by atoms with Gasteiger partial charge >= 0.3 is 0 Å². The Hall–Kier alpha value is -2.25. The number of fused-ring (bicyclic) bond motifs is 1. The number of methoxy groups -OCH3 is 1. The van der Waals surface area contributed by atoms with Crippen LogP contribution in [0.5, 0.6) is 5.75 Å². The number of rotatable bonds is 3. The van der Waals surface area contributed by atoms with Crippen LogP contribution in [0, 0.1) is 11.3 Å². The normalized spacial score (nSPS) is 10.5. The molecule has 3 rings (SSSR count). The molecule has 0 aliphatic heterocycles. The molecule has 3 nitrogen and oxygen atoms in total. The number of aromatic amines is 1. The summed E-state index contributed by atoms with van der Waals surface area (Å²) in [6.07, 6.45) is 0.389. The molecule has 3 aromatic rings. The minimum absolute atomic E-state index is 0.389. The lowest BCUT2D eigenvalue weighted by Crippen LogP contribution is -1.84. The Morgan fingerprint density at radius 3 is 2.95 bits per heavy atom. The van der Waals surface area contributed by atoms with Gasteiger partial charge in [0.15, 0.2) is 0 Å². The van der Waals surface area contributed by atoms with Crippen molar-refractivity contribution in [3.63, 3.8) is 0 Å². The fourth-order valence-electron chi connectivity index (χ4n) is 2.25. The van der Waals surface area contributed by atoms with Gasteiger partial charge in [0.1, 0.15) is 5.75 Å². The molecule has 0 saturated heterocycles. The third-order valence-electron chi connectivity index (χ3n) is 3.14. The molecule has 2 heterocycles. The number of hydrogen-bond donors (Lipinski definition) is 1. The number of nitrogens with one attached hydrogen (secondary N) is 1. The van der Waals surface area contributed by atoms with Crippen LogP contribution in [0.1, 0.15) is 5.56 Å². The maximum atomic E-state index is 9.05. The van der Waals surface area contributed by atoms with Crippen molar-refractivity contribution in [2.75, 3.05) is 7.11 Å². The molecule has 0 saturated carbocycles. The summed E-state index contributed by atoms with van der Waals surface area (Å²) in [5, 5.41) is 12.2. The number of benzene rings is 1. The van der Waals surface area contributed by atoms with E-state index < -0.39 is 0 Å². The summed E-state index contributed by atoms with van der Waals surface area (Å²) < 4.78 is 5.26. The molecular weight excluding hydrogens is 256 g/mol. The monoisotopic (exact) mass is 268 g/mol. The van der Waals surface area contributed by atoms with Gasteiger partial charge in [0.05, 0.1) is 30.2 Å². The van der Waals surface area contributed by atoms with Crippen molar-refractivity contribution in [2.45, 2.75) is 6.42 Å². The van der Waals surface area contributed by atoms with Crippen molar-refractivity contribution in [1.29, 1.82) is 5.26 Å². The van der Waals surface area contributed by atoms with Crippen molar-refractivity contribution >= 4 is 22.2 Å². The van der Waals surface area contributed by atoms with Gasteiger partial charge in [-0.25, -0.2) is 0 Å². The maximum Gasteiger partial charge on any atom is 0.119 e. The van der Waals surface area contributed by atoms with Crippen LogP contribution in [-0.4, -0.2) is 12.1 Å². The second-order valence-corrected chi connectivity index (χ2v) is 5.15. The van der Waals surface area contributed by atoms with E-state index in [0.717, 1.165) is 32.8 Å². The molecule has 1 aromatic carbocycles. The number of thiophene rings is 1. The number of aromatic nitrogens is 1. The van der Waals surface area contributed by atoms with Gasteiger partial charge in [-0.1, -0.05) is 6.07 Å². The predicted octanol–water partition coefficient (Wildman–Crippen LogP) is 3.97. The first-order valence-electron chi connectivity index (χ1n) is 5.93. The lowest BCUT2D eigenvalue weighted by Gasteiger charge is -2.00. The minimum Gasteiger partial charge on any atom is -0.497 e. The van der Waals surface area contributed by atoms with Crippen molar-refractivity contribution in [3.05, 3.63) is 41.3 Å². The van der Waals surface area contributed by atoms with Crippen molar-refractivity contribution in [3.8, 4) is 22.4 Å². The zero-order valence-corrected chi connectivity index (χ0v) is 11.3. The van der Waals surface area contributed by atoms with Crippen LogP contribution >= 0.6 is 11.3 Å². The average Bonchev–Trinajstić information content (AvgIpc) is 3.06. The van der Waals surface area contributed by atoms with Crippen LogP contribution in [0.4, 0.5) is 0 Å². The van der Waals surface area contributed by atoms with E-state index in [9.17, 15) is 0 Å². The van der Waals surface area contributed by atoms with Crippen molar-refractivity contribution in [2.24, 2.45) is 0 Å². The molecule has 94 valence electrons. The van der Waals surface area contributed by atoms with E-state index in [1.165, 1.54) is 0 Å². The molecular formula is C15H12N2OS. The number of ether oxygens (including phenoxy) is 1.